The topological polar surface area (TPSA) is 105 Å². The standard InChI is InChI=1S/C31H37Cl2N3O6S/c1-7-27(31(38)34-20(2)3)35(18-24-25(32)9-8-10-26(24)33)30(37)19-36(22-13-11-21(4)12-14-22)43(39,40)23-15-16-28(41-5)29(17-23)42-6/h8-17,20,27H,7,18-19H2,1-6H3,(H,34,38)/t27-/m1/s1. The van der Waals surface area contributed by atoms with Gasteiger partial charge in [-0.1, -0.05) is 53.9 Å². The number of carbonyl (C=O) groups is 2. The highest BCUT2D eigenvalue weighted by Crippen LogP contribution is 2.33. The monoisotopic (exact) mass is 649 g/mol. The summed E-state index contributed by atoms with van der Waals surface area (Å²) in [5.74, 6) is -0.431. The molecule has 0 radical (unpaired) electrons. The van der Waals surface area contributed by atoms with Crippen molar-refractivity contribution in [3.63, 3.8) is 0 Å². The third-order valence-electron chi connectivity index (χ3n) is 6.75. The molecule has 0 fully saturated rings. The van der Waals surface area contributed by atoms with Crippen LogP contribution in [0.3, 0.4) is 0 Å². The Morgan fingerprint density at radius 1 is 0.930 bits per heavy atom. The molecule has 0 saturated heterocycles. The average Bonchev–Trinajstić information content (AvgIpc) is 2.96. The van der Waals surface area contributed by atoms with Crippen molar-refractivity contribution in [2.24, 2.45) is 0 Å². The predicted molar refractivity (Wildman–Crippen MR) is 170 cm³/mol. The van der Waals surface area contributed by atoms with Crippen molar-refractivity contribution < 1.29 is 27.5 Å². The van der Waals surface area contributed by atoms with Gasteiger partial charge in [0.1, 0.15) is 12.6 Å². The van der Waals surface area contributed by atoms with Crippen molar-refractivity contribution in [2.45, 2.75) is 57.6 Å². The Morgan fingerprint density at radius 2 is 1.53 bits per heavy atom. The maximum absolute atomic E-state index is 14.2. The normalized spacial score (nSPS) is 12.0. The summed E-state index contributed by atoms with van der Waals surface area (Å²) in [5, 5.41) is 3.49. The summed E-state index contributed by atoms with van der Waals surface area (Å²) in [7, 11) is -1.47. The Balaban J connectivity index is 2.14. The van der Waals surface area contributed by atoms with E-state index in [9.17, 15) is 18.0 Å². The zero-order chi connectivity index (χ0) is 31.9. The summed E-state index contributed by atoms with van der Waals surface area (Å²) in [6.45, 7) is 6.56. The van der Waals surface area contributed by atoms with Gasteiger partial charge >= 0.3 is 0 Å². The van der Waals surface area contributed by atoms with Crippen LogP contribution in [-0.2, 0) is 26.2 Å². The quantitative estimate of drug-likeness (QED) is 0.249. The number of hydrogen-bond donors (Lipinski definition) is 1. The third-order valence-corrected chi connectivity index (χ3v) is 9.23. The van der Waals surface area contributed by atoms with Gasteiger partial charge in [0.15, 0.2) is 11.5 Å². The first-order valence-electron chi connectivity index (χ1n) is 13.7. The number of nitrogens with zero attached hydrogens (tertiary/aromatic N) is 2. The molecule has 232 valence electrons. The van der Waals surface area contributed by atoms with Gasteiger partial charge in [-0.15, -0.1) is 0 Å². The first-order valence-corrected chi connectivity index (χ1v) is 15.9. The van der Waals surface area contributed by atoms with E-state index in [2.05, 4.69) is 5.32 Å². The number of ether oxygens (including phenoxy) is 2. The van der Waals surface area contributed by atoms with E-state index in [0.29, 0.717) is 21.4 Å². The zero-order valence-corrected chi connectivity index (χ0v) is 27.4. The van der Waals surface area contributed by atoms with E-state index in [4.69, 9.17) is 32.7 Å². The molecule has 43 heavy (non-hydrogen) atoms. The zero-order valence-electron chi connectivity index (χ0n) is 25.1. The van der Waals surface area contributed by atoms with Gasteiger partial charge in [-0.05, 0) is 63.6 Å². The van der Waals surface area contributed by atoms with Gasteiger partial charge in [0, 0.05) is 34.3 Å². The number of aryl methyl sites for hydroxylation is 1. The molecule has 0 bridgehead atoms. The molecule has 0 aliphatic rings. The van der Waals surface area contributed by atoms with E-state index in [1.807, 2.05) is 20.8 Å². The molecule has 0 saturated carbocycles. The second-order valence-electron chi connectivity index (χ2n) is 10.2. The van der Waals surface area contributed by atoms with Crippen LogP contribution in [0.25, 0.3) is 0 Å². The van der Waals surface area contributed by atoms with Crippen molar-refractivity contribution in [2.75, 3.05) is 25.1 Å². The lowest BCUT2D eigenvalue weighted by atomic mass is 10.1. The van der Waals surface area contributed by atoms with E-state index >= 15 is 0 Å². The lowest BCUT2D eigenvalue weighted by Crippen LogP contribution is -2.53. The SMILES string of the molecule is CC[C@H](C(=O)NC(C)C)N(Cc1c(Cl)cccc1Cl)C(=O)CN(c1ccc(C)cc1)S(=O)(=O)c1ccc(OC)c(OC)c1. The molecule has 2 amide bonds. The number of hydrogen-bond acceptors (Lipinski definition) is 6. The minimum absolute atomic E-state index is 0.108. The maximum Gasteiger partial charge on any atom is 0.264 e. The van der Waals surface area contributed by atoms with Crippen LogP contribution in [0.1, 0.15) is 38.3 Å². The van der Waals surface area contributed by atoms with E-state index in [0.717, 1.165) is 9.87 Å². The predicted octanol–water partition coefficient (Wildman–Crippen LogP) is 5.85. The molecule has 0 aliphatic heterocycles. The fourth-order valence-electron chi connectivity index (χ4n) is 4.50. The van der Waals surface area contributed by atoms with Gasteiger partial charge in [0.05, 0.1) is 24.8 Å². The van der Waals surface area contributed by atoms with Crippen LogP contribution in [0.4, 0.5) is 5.69 Å². The van der Waals surface area contributed by atoms with Gasteiger partial charge < -0.3 is 19.7 Å². The average molecular weight is 651 g/mol. The Labute approximate surface area is 263 Å². The van der Waals surface area contributed by atoms with E-state index in [-0.39, 0.29) is 41.2 Å². The Kier molecular flexibility index (Phi) is 11.7. The minimum Gasteiger partial charge on any atom is -0.493 e. The summed E-state index contributed by atoms with van der Waals surface area (Å²) in [6.07, 6.45) is 0.263. The molecular weight excluding hydrogens is 613 g/mol. The lowest BCUT2D eigenvalue weighted by molar-refractivity contribution is -0.140. The number of nitrogens with one attached hydrogen (secondary N) is 1. The van der Waals surface area contributed by atoms with Crippen LogP contribution in [0, 0.1) is 6.92 Å². The van der Waals surface area contributed by atoms with Crippen LogP contribution >= 0.6 is 23.2 Å². The highest BCUT2D eigenvalue weighted by Gasteiger charge is 2.34. The number of benzene rings is 3. The molecule has 12 heteroatoms. The molecule has 0 spiro atoms. The molecule has 1 N–H and O–H groups in total. The molecule has 1 atom stereocenters. The van der Waals surface area contributed by atoms with Crippen molar-refractivity contribution in [1.82, 2.24) is 10.2 Å². The van der Waals surface area contributed by atoms with Crippen molar-refractivity contribution >= 4 is 50.7 Å². The summed E-state index contributed by atoms with van der Waals surface area (Å²) in [5.41, 5.74) is 1.62. The molecular formula is C31H37Cl2N3O6S. The smallest absolute Gasteiger partial charge is 0.264 e. The Hall–Kier alpha value is -3.47. The number of methoxy groups -OCH3 is 2. The van der Waals surface area contributed by atoms with Crippen LogP contribution in [0.2, 0.25) is 10.0 Å². The van der Waals surface area contributed by atoms with Gasteiger partial charge in [0.25, 0.3) is 10.0 Å². The van der Waals surface area contributed by atoms with Crippen molar-refractivity contribution in [1.29, 1.82) is 0 Å². The highest BCUT2D eigenvalue weighted by atomic mass is 35.5. The minimum atomic E-state index is -4.32. The third kappa shape index (κ3) is 8.13. The number of anilines is 1. The number of amides is 2. The Bertz CT molecular complexity index is 1530. The first-order chi connectivity index (χ1) is 20.3. The number of carbonyl (C=O) groups excluding carboxylic acids is 2. The van der Waals surface area contributed by atoms with E-state index < -0.39 is 28.5 Å². The Morgan fingerprint density at radius 3 is 2.07 bits per heavy atom. The number of sulfonamides is 1. The fourth-order valence-corrected chi connectivity index (χ4v) is 6.45. The summed E-state index contributed by atoms with van der Waals surface area (Å²) < 4.78 is 40.0. The summed E-state index contributed by atoms with van der Waals surface area (Å²) in [6, 6.07) is 14.8. The fraction of sp³-hybridized carbons (Fsp3) is 0.355. The molecule has 3 aromatic carbocycles. The van der Waals surface area contributed by atoms with Crippen molar-refractivity contribution in [3.8, 4) is 11.5 Å². The molecule has 0 aliphatic carbocycles. The van der Waals surface area contributed by atoms with Crippen LogP contribution in [0.15, 0.2) is 65.6 Å². The van der Waals surface area contributed by atoms with Crippen LogP contribution < -0.4 is 19.1 Å². The first kappa shape index (κ1) is 34.0. The van der Waals surface area contributed by atoms with E-state index in [1.165, 1.54) is 37.3 Å². The lowest BCUT2D eigenvalue weighted by Gasteiger charge is -2.34. The molecule has 0 aromatic heterocycles. The van der Waals surface area contributed by atoms with Gasteiger partial charge in [-0.3, -0.25) is 13.9 Å². The van der Waals surface area contributed by atoms with Crippen LogP contribution in [-0.4, -0.2) is 58.0 Å². The van der Waals surface area contributed by atoms with Crippen LogP contribution in [0.5, 0.6) is 11.5 Å². The second kappa shape index (κ2) is 14.8. The van der Waals surface area contributed by atoms with Gasteiger partial charge in [0.2, 0.25) is 11.8 Å². The highest BCUT2D eigenvalue weighted by molar-refractivity contribution is 7.92. The second-order valence-corrected chi connectivity index (χ2v) is 12.8. The van der Waals surface area contributed by atoms with E-state index in [1.54, 1.807) is 49.4 Å². The molecule has 0 heterocycles. The molecule has 3 rings (SSSR count). The van der Waals surface area contributed by atoms with Gasteiger partial charge in [-0.2, -0.15) is 0 Å². The van der Waals surface area contributed by atoms with Gasteiger partial charge in [-0.25, -0.2) is 8.42 Å². The maximum atomic E-state index is 14.2. The van der Waals surface area contributed by atoms with Crippen molar-refractivity contribution in [3.05, 3.63) is 81.8 Å². The molecule has 3 aromatic rings. The largest absolute Gasteiger partial charge is 0.493 e. The molecule has 9 nitrogen and oxygen atoms in total. The molecule has 0 unspecified atom stereocenters. The number of rotatable bonds is 13. The number of halogens is 2. The summed E-state index contributed by atoms with van der Waals surface area (Å²) in [4.78, 5) is 28.7. The summed E-state index contributed by atoms with van der Waals surface area (Å²) >= 11 is 12.9.